The highest BCUT2D eigenvalue weighted by molar-refractivity contribution is 7.99. The molecule has 0 unspecified atom stereocenters. The number of hydrogen-bond acceptors (Lipinski definition) is 6. The van der Waals surface area contributed by atoms with Gasteiger partial charge < -0.3 is 10.6 Å². The molecule has 11 heteroatoms. The van der Waals surface area contributed by atoms with E-state index in [2.05, 4.69) is 20.8 Å². The summed E-state index contributed by atoms with van der Waals surface area (Å²) in [6.07, 6.45) is 0. The lowest BCUT2D eigenvalue weighted by molar-refractivity contribution is -0.113. The van der Waals surface area contributed by atoms with Gasteiger partial charge in [0.25, 0.3) is 5.91 Å². The summed E-state index contributed by atoms with van der Waals surface area (Å²) in [6, 6.07) is 14.7. The Hall–Kier alpha value is -3.57. The molecule has 4 aromatic rings. The van der Waals surface area contributed by atoms with Crippen molar-refractivity contribution in [1.29, 1.82) is 0 Å². The smallest absolute Gasteiger partial charge is 0.261 e. The van der Waals surface area contributed by atoms with E-state index in [0.29, 0.717) is 27.2 Å². The number of thioether (sulfide) groups is 1. The Morgan fingerprint density at radius 3 is 2.33 bits per heavy atom. The highest BCUT2D eigenvalue weighted by Crippen LogP contribution is 2.23. The average Bonchev–Trinajstić information content (AvgIpc) is 3.49. The molecule has 0 bridgehead atoms. The van der Waals surface area contributed by atoms with Crippen LogP contribution in [0.2, 0.25) is 0 Å². The van der Waals surface area contributed by atoms with Crippen molar-refractivity contribution in [3.8, 4) is 5.69 Å². The number of aromatic nitrogens is 3. The van der Waals surface area contributed by atoms with Gasteiger partial charge in [-0.2, -0.15) is 0 Å². The predicted molar refractivity (Wildman–Crippen MR) is 123 cm³/mol. The van der Waals surface area contributed by atoms with Gasteiger partial charge in [0.15, 0.2) is 11.0 Å². The van der Waals surface area contributed by atoms with Gasteiger partial charge in [0.2, 0.25) is 5.91 Å². The van der Waals surface area contributed by atoms with Crippen LogP contribution in [-0.2, 0) is 11.3 Å². The van der Waals surface area contributed by atoms with E-state index in [1.807, 2.05) is 5.38 Å². The van der Waals surface area contributed by atoms with E-state index >= 15 is 0 Å². The monoisotopic (exact) mass is 485 g/mol. The maximum Gasteiger partial charge on any atom is 0.261 e. The van der Waals surface area contributed by atoms with Crippen LogP contribution in [0.1, 0.15) is 15.5 Å². The fraction of sp³-hybridized carbons (Fsp3) is 0.0909. The number of hydrogen-bond donors (Lipinski definition) is 2. The summed E-state index contributed by atoms with van der Waals surface area (Å²) < 4.78 is 28.1. The largest absolute Gasteiger partial charge is 0.344 e. The number of carbonyl (C=O) groups excluding carboxylic acids is 2. The SMILES string of the molecule is O=C(CSc1nnc(CNC(=O)c2cccs2)n1-c1ccc(F)cc1)Nc1ccc(F)cc1. The van der Waals surface area contributed by atoms with E-state index in [-0.39, 0.29) is 24.1 Å². The quantitative estimate of drug-likeness (QED) is 0.364. The molecule has 2 N–H and O–H groups in total. The van der Waals surface area contributed by atoms with Gasteiger partial charge in [-0.1, -0.05) is 17.8 Å². The van der Waals surface area contributed by atoms with E-state index in [4.69, 9.17) is 0 Å². The number of rotatable bonds is 8. The standard InChI is InChI=1S/C22H17F2N5O2S2/c23-14-3-7-16(8-4-14)26-20(30)13-33-22-28-27-19(12-25-21(31)18-2-1-11-32-18)29(22)17-9-5-15(24)6-10-17/h1-11H,12-13H2,(H,25,31)(H,26,30). The van der Waals surface area contributed by atoms with Crippen molar-refractivity contribution in [3.05, 3.63) is 88.4 Å². The fourth-order valence-electron chi connectivity index (χ4n) is 2.87. The molecule has 4 rings (SSSR count). The zero-order chi connectivity index (χ0) is 23.2. The zero-order valence-corrected chi connectivity index (χ0v) is 18.6. The van der Waals surface area contributed by atoms with Gasteiger partial charge >= 0.3 is 0 Å². The molecule has 0 aliphatic rings. The third kappa shape index (κ3) is 5.82. The van der Waals surface area contributed by atoms with Gasteiger partial charge in [0.1, 0.15) is 11.6 Å². The molecule has 2 heterocycles. The molecule has 0 aliphatic heterocycles. The number of nitrogens with one attached hydrogen (secondary N) is 2. The molecule has 33 heavy (non-hydrogen) atoms. The molecule has 0 spiro atoms. The van der Waals surface area contributed by atoms with Crippen molar-refractivity contribution >= 4 is 40.6 Å². The highest BCUT2D eigenvalue weighted by Gasteiger charge is 2.17. The number of halogens is 2. The fourth-order valence-corrected chi connectivity index (χ4v) is 4.28. The number of carbonyl (C=O) groups is 2. The molecule has 0 saturated heterocycles. The lowest BCUT2D eigenvalue weighted by atomic mass is 10.3. The van der Waals surface area contributed by atoms with Crippen molar-refractivity contribution in [2.24, 2.45) is 0 Å². The van der Waals surface area contributed by atoms with E-state index in [1.165, 1.54) is 47.7 Å². The first-order chi connectivity index (χ1) is 16.0. The van der Waals surface area contributed by atoms with Gasteiger partial charge in [-0.25, -0.2) is 8.78 Å². The molecule has 0 fully saturated rings. The molecule has 2 aromatic heterocycles. The molecular weight excluding hydrogens is 468 g/mol. The number of thiophene rings is 1. The average molecular weight is 486 g/mol. The molecule has 7 nitrogen and oxygen atoms in total. The maximum absolute atomic E-state index is 13.4. The molecule has 0 radical (unpaired) electrons. The highest BCUT2D eigenvalue weighted by atomic mass is 32.2. The van der Waals surface area contributed by atoms with Crippen molar-refractivity contribution < 1.29 is 18.4 Å². The second-order valence-electron chi connectivity index (χ2n) is 6.71. The molecule has 2 aromatic carbocycles. The summed E-state index contributed by atoms with van der Waals surface area (Å²) in [7, 11) is 0. The summed E-state index contributed by atoms with van der Waals surface area (Å²) in [4.78, 5) is 25.2. The minimum absolute atomic E-state index is 0.0122. The number of nitrogens with zero attached hydrogens (tertiary/aromatic N) is 3. The van der Waals surface area contributed by atoms with Crippen LogP contribution in [-0.4, -0.2) is 32.3 Å². The van der Waals surface area contributed by atoms with Crippen molar-refractivity contribution in [2.75, 3.05) is 11.1 Å². The van der Waals surface area contributed by atoms with Crippen LogP contribution in [0.3, 0.4) is 0 Å². The second kappa shape index (κ2) is 10.4. The van der Waals surface area contributed by atoms with Crippen LogP contribution in [0, 0.1) is 11.6 Å². The van der Waals surface area contributed by atoms with Crippen molar-refractivity contribution in [2.45, 2.75) is 11.7 Å². The minimum atomic E-state index is -0.396. The third-order valence-electron chi connectivity index (χ3n) is 4.40. The zero-order valence-electron chi connectivity index (χ0n) is 17.0. The first kappa shape index (κ1) is 22.6. The maximum atomic E-state index is 13.4. The molecule has 0 saturated carbocycles. The minimum Gasteiger partial charge on any atom is -0.344 e. The van der Waals surface area contributed by atoms with Gasteiger partial charge in [0.05, 0.1) is 17.2 Å². The predicted octanol–water partition coefficient (Wildman–Crippen LogP) is 4.27. The lowest BCUT2D eigenvalue weighted by Crippen LogP contribution is -2.24. The van der Waals surface area contributed by atoms with Crippen LogP contribution in [0.5, 0.6) is 0 Å². The van der Waals surface area contributed by atoms with Crippen LogP contribution >= 0.6 is 23.1 Å². The van der Waals surface area contributed by atoms with Crippen LogP contribution < -0.4 is 10.6 Å². The molecule has 0 atom stereocenters. The Kier molecular flexibility index (Phi) is 7.10. The normalized spacial score (nSPS) is 10.7. The van der Waals surface area contributed by atoms with Crippen molar-refractivity contribution in [1.82, 2.24) is 20.1 Å². The van der Waals surface area contributed by atoms with Crippen molar-refractivity contribution in [3.63, 3.8) is 0 Å². The van der Waals surface area contributed by atoms with Gasteiger partial charge in [-0.3, -0.25) is 14.2 Å². The van der Waals surface area contributed by atoms with Crippen LogP contribution in [0.25, 0.3) is 5.69 Å². The summed E-state index contributed by atoms with van der Waals surface area (Å²) in [5.74, 6) is -0.911. The van der Waals surface area contributed by atoms with Gasteiger partial charge in [-0.15, -0.1) is 21.5 Å². The summed E-state index contributed by atoms with van der Waals surface area (Å²) in [6.45, 7) is 0.0868. The summed E-state index contributed by atoms with van der Waals surface area (Å²) in [5, 5.41) is 16.0. The molecular formula is C22H17F2N5O2S2. The Labute approximate surface area is 195 Å². The van der Waals surface area contributed by atoms with E-state index in [0.717, 1.165) is 11.8 Å². The number of amides is 2. The Morgan fingerprint density at radius 1 is 0.970 bits per heavy atom. The van der Waals surface area contributed by atoms with Crippen LogP contribution in [0.4, 0.5) is 14.5 Å². The molecule has 168 valence electrons. The van der Waals surface area contributed by atoms with E-state index in [1.54, 1.807) is 28.8 Å². The van der Waals surface area contributed by atoms with Gasteiger partial charge in [-0.05, 0) is 60.0 Å². The third-order valence-corrected chi connectivity index (χ3v) is 6.20. The Balaban J connectivity index is 1.49. The number of anilines is 1. The number of benzene rings is 2. The first-order valence-electron chi connectivity index (χ1n) is 9.70. The lowest BCUT2D eigenvalue weighted by Gasteiger charge is -2.11. The molecule has 2 amide bonds. The summed E-state index contributed by atoms with van der Waals surface area (Å²) >= 11 is 2.45. The van der Waals surface area contributed by atoms with E-state index in [9.17, 15) is 18.4 Å². The molecule has 0 aliphatic carbocycles. The van der Waals surface area contributed by atoms with E-state index < -0.39 is 11.6 Å². The topological polar surface area (TPSA) is 88.9 Å². The second-order valence-corrected chi connectivity index (χ2v) is 8.60. The summed E-state index contributed by atoms with van der Waals surface area (Å²) in [5.41, 5.74) is 1.06. The Bertz CT molecular complexity index is 1240. The Morgan fingerprint density at radius 2 is 1.67 bits per heavy atom. The van der Waals surface area contributed by atoms with Gasteiger partial charge in [0, 0.05) is 11.4 Å². The van der Waals surface area contributed by atoms with Crippen LogP contribution in [0.15, 0.2) is 71.2 Å². The first-order valence-corrected chi connectivity index (χ1v) is 11.6.